The Bertz CT molecular complexity index is 273. The Morgan fingerprint density at radius 1 is 1.14 bits per heavy atom. The van der Waals surface area contributed by atoms with Gasteiger partial charge < -0.3 is 17.4 Å². The van der Waals surface area contributed by atoms with Gasteiger partial charge in [0.25, 0.3) is 0 Å². The minimum absolute atomic E-state index is 0. The normalized spacial score (nSPS) is 10.6. The monoisotopic (exact) mass is 214 g/mol. The van der Waals surface area contributed by atoms with E-state index in [-0.39, 0.29) is 24.6 Å². The molecule has 0 aliphatic rings. The smallest absolute Gasteiger partial charge is 0.788 e. The van der Waals surface area contributed by atoms with Gasteiger partial charge in [-0.3, -0.25) is 0 Å². The maximum Gasteiger partial charge on any atom is 1.00 e. The van der Waals surface area contributed by atoms with Gasteiger partial charge in [0, 0.05) is 0 Å². The molecule has 0 aliphatic carbocycles. The molecular formula is C8H6F3LiOS. The molecule has 0 bridgehead atoms. The molecule has 72 valence electrons. The van der Waals surface area contributed by atoms with E-state index in [4.69, 9.17) is 12.6 Å². The summed E-state index contributed by atoms with van der Waals surface area (Å²) >= 11 is 4.71. The fraction of sp³-hybridized carbons (Fsp3) is 0.250. The first-order valence-electron chi connectivity index (χ1n) is 3.44. The minimum Gasteiger partial charge on any atom is -0.788 e. The van der Waals surface area contributed by atoms with Gasteiger partial charge in [-0.25, -0.2) is 0 Å². The van der Waals surface area contributed by atoms with Crippen LogP contribution in [0.5, 0.6) is 5.75 Å². The molecule has 0 amide bonds. The van der Waals surface area contributed by atoms with Crippen LogP contribution >= 0.6 is 0 Å². The Labute approximate surface area is 97.2 Å². The Kier molecular flexibility index (Phi) is 5.50. The predicted octanol–water partition coefficient (Wildman–Crippen LogP) is -0.364. The van der Waals surface area contributed by atoms with E-state index in [2.05, 4.69) is 4.74 Å². The molecule has 6 heteroatoms. The maximum atomic E-state index is 11.7. The molecule has 1 aromatic rings. The SMILES string of the molecule is FC(F)(F)Oc1ccc(C[S-])cc1.[Li+]. The maximum absolute atomic E-state index is 11.7. The van der Waals surface area contributed by atoms with Gasteiger partial charge in [0.05, 0.1) is 0 Å². The van der Waals surface area contributed by atoms with Crippen molar-refractivity contribution in [3.05, 3.63) is 29.8 Å². The molecule has 0 saturated carbocycles. The van der Waals surface area contributed by atoms with Crippen molar-refractivity contribution in [1.29, 1.82) is 0 Å². The van der Waals surface area contributed by atoms with Gasteiger partial charge in [0.2, 0.25) is 0 Å². The first-order valence-corrected chi connectivity index (χ1v) is 4.02. The Morgan fingerprint density at radius 2 is 1.64 bits per heavy atom. The summed E-state index contributed by atoms with van der Waals surface area (Å²) in [6.07, 6.45) is -4.63. The molecule has 14 heavy (non-hydrogen) atoms. The third kappa shape index (κ3) is 4.85. The fourth-order valence-electron chi connectivity index (χ4n) is 0.787. The minimum atomic E-state index is -4.63. The van der Waals surface area contributed by atoms with Crippen LogP contribution in [0.1, 0.15) is 5.56 Å². The van der Waals surface area contributed by atoms with Crippen LogP contribution in [0, 0.1) is 0 Å². The molecule has 0 aromatic heterocycles. The zero-order valence-corrected chi connectivity index (χ0v) is 8.28. The van der Waals surface area contributed by atoms with E-state index in [1.54, 1.807) is 0 Å². The van der Waals surface area contributed by atoms with Gasteiger partial charge in [-0.2, -0.15) is 5.75 Å². The number of alkyl halides is 3. The molecule has 1 nitrogen and oxygen atoms in total. The van der Waals surface area contributed by atoms with Crippen molar-refractivity contribution in [3.63, 3.8) is 0 Å². The second kappa shape index (κ2) is 5.59. The third-order valence-corrected chi connectivity index (χ3v) is 1.66. The molecule has 0 unspecified atom stereocenters. The molecule has 0 saturated heterocycles. The van der Waals surface area contributed by atoms with Gasteiger partial charge in [0.1, 0.15) is 5.75 Å². The van der Waals surface area contributed by atoms with Crippen molar-refractivity contribution in [3.8, 4) is 5.75 Å². The quantitative estimate of drug-likeness (QED) is 0.491. The van der Waals surface area contributed by atoms with Gasteiger partial charge in [-0.15, -0.1) is 13.2 Å². The zero-order chi connectivity index (χ0) is 9.90. The standard InChI is InChI=1S/C8H7F3OS.Li/c9-8(10,11)12-7-3-1-6(5-13)2-4-7;/h1-4,13H,5H2;/q;+1/p-1. The van der Waals surface area contributed by atoms with Crippen LogP contribution in [0.3, 0.4) is 0 Å². The molecule has 0 aliphatic heterocycles. The van der Waals surface area contributed by atoms with Gasteiger partial charge >= 0.3 is 25.2 Å². The Hall–Kier alpha value is -0.243. The summed E-state index contributed by atoms with van der Waals surface area (Å²) in [6, 6.07) is 5.51. The molecule has 1 aromatic carbocycles. The number of ether oxygens (including phenoxy) is 1. The average molecular weight is 214 g/mol. The summed E-state index contributed by atoms with van der Waals surface area (Å²) in [4.78, 5) is 0. The molecule has 0 N–H and O–H groups in total. The van der Waals surface area contributed by atoms with E-state index in [1.165, 1.54) is 24.3 Å². The summed E-state index contributed by atoms with van der Waals surface area (Å²) in [5.74, 6) is 0.159. The van der Waals surface area contributed by atoms with Crippen molar-refractivity contribution in [2.24, 2.45) is 0 Å². The summed E-state index contributed by atoms with van der Waals surface area (Å²) in [6.45, 7) is 0. The summed E-state index contributed by atoms with van der Waals surface area (Å²) < 4.78 is 38.7. The van der Waals surface area contributed by atoms with E-state index in [0.717, 1.165) is 5.56 Å². The van der Waals surface area contributed by atoms with Gasteiger partial charge in [-0.1, -0.05) is 17.7 Å². The van der Waals surface area contributed by atoms with Crippen LogP contribution in [0.4, 0.5) is 13.2 Å². The van der Waals surface area contributed by atoms with Crippen LogP contribution in [0.15, 0.2) is 24.3 Å². The molecular weight excluding hydrogens is 208 g/mol. The number of hydrogen-bond donors (Lipinski definition) is 0. The van der Waals surface area contributed by atoms with Crippen molar-refractivity contribution in [1.82, 2.24) is 0 Å². The van der Waals surface area contributed by atoms with Crippen LogP contribution in [0.25, 0.3) is 0 Å². The second-order valence-electron chi connectivity index (χ2n) is 2.34. The molecule has 0 fully saturated rings. The Balaban J connectivity index is 0.00000169. The number of halogens is 3. The first-order chi connectivity index (χ1) is 6.01. The third-order valence-electron chi connectivity index (χ3n) is 1.32. The van der Waals surface area contributed by atoms with E-state index in [9.17, 15) is 13.2 Å². The average Bonchev–Trinajstić information content (AvgIpc) is 2.03. The van der Waals surface area contributed by atoms with Gasteiger partial charge in [0.15, 0.2) is 0 Å². The molecule has 0 heterocycles. The zero-order valence-electron chi connectivity index (χ0n) is 7.47. The van der Waals surface area contributed by atoms with Crippen LogP contribution in [0.2, 0.25) is 0 Å². The summed E-state index contributed by atoms with van der Waals surface area (Å²) in [7, 11) is 0. The van der Waals surface area contributed by atoms with Crippen LogP contribution < -0.4 is 23.6 Å². The predicted molar refractivity (Wildman–Crippen MR) is 44.2 cm³/mol. The fourth-order valence-corrected chi connectivity index (χ4v) is 0.980. The van der Waals surface area contributed by atoms with Crippen LogP contribution in [-0.4, -0.2) is 6.36 Å². The van der Waals surface area contributed by atoms with Gasteiger partial charge in [-0.05, 0) is 12.1 Å². The summed E-state index contributed by atoms with van der Waals surface area (Å²) in [5, 5.41) is 0. The van der Waals surface area contributed by atoms with Crippen molar-refractivity contribution in [2.45, 2.75) is 12.1 Å². The van der Waals surface area contributed by atoms with Crippen LogP contribution in [-0.2, 0) is 18.4 Å². The van der Waals surface area contributed by atoms with E-state index in [1.807, 2.05) is 0 Å². The van der Waals surface area contributed by atoms with Crippen molar-refractivity contribution < 1.29 is 36.8 Å². The largest absolute Gasteiger partial charge is 1.00 e. The number of hydrogen-bond acceptors (Lipinski definition) is 2. The van der Waals surface area contributed by atoms with E-state index < -0.39 is 6.36 Å². The summed E-state index contributed by atoms with van der Waals surface area (Å²) in [5.41, 5.74) is 0.796. The molecule has 1 rings (SSSR count). The second-order valence-corrected chi connectivity index (χ2v) is 2.62. The topological polar surface area (TPSA) is 9.23 Å². The van der Waals surface area contributed by atoms with E-state index >= 15 is 0 Å². The van der Waals surface area contributed by atoms with Crippen molar-refractivity contribution >= 4 is 12.6 Å². The Morgan fingerprint density at radius 3 is 2.00 bits per heavy atom. The molecule has 0 atom stereocenters. The first kappa shape index (κ1) is 13.8. The molecule has 0 radical (unpaired) electrons. The van der Waals surface area contributed by atoms with E-state index in [0.29, 0.717) is 5.75 Å². The molecule has 0 spiro atoms. The number of rotatable bonds is 2. The number of benzene rings is 1. The van der Waals surface area contributed by atoms with Crippen molar-refractivity contribution in [2.75, 3.05) is 0 Å².